The molecule has 7 heteroatoms. The first kappa shape index (κ1) is 20.8. The Morgan fingerprint density at radius 2 is 1.68 bits per heavy atom. The van der Waals surface area contributed by atoms with E-state index in [2.05, 4.69) is 21.2 Å². The van der Waals surface area contributed by atoms with Crippen LogP contribution in [0.3, 0.4) is 0 Å². The third-order valence-corrected chi connectivity index (χ3v) is 5.23. The molecule has 0 saturated carbocycles. The number of nitrogens with zero attached hydrogens (tertiary/aromatic N) is 1. The maximum absolute atomic E-state index is 13.0. The van der Waals surface area contributed by atoms with E-state index in [9.17, 15) is 14.0 Å². The van der Waals surface area contributed by atoms with E-state index in [0.717, 1.165) is 15.6 Å². The van der Waals surface area contributed by atoms with Gasteiger partial charge in [0.2, 0.25) is 0 Å². The number of amides is 3. The van der Waals surface area contributed by atoms with Crippen LogP contribution in [0.1, 0.15) is 16.7 Å². The van der Waals surface area contributed by atoms with Gasteiger partial charge in [-0.15, -0.1) is 0 Å². The summed E-state index contributed by atoms with van der Waals surface area (Å²) in [4.78, 5) is 26.2. The molecule has 0 spiro atoms. The monoisotopic (exact) mass is 480 g/mol. The molecule has 1 aliphatic heterocycles. The Balaban J connectivity index is 1.44. The van der Waals surface area contributed by atoms with Crippen molar-refractivity contribution < 1.29 is 18.7 Å². The molecule has 3 amide bonds. The second-order valence-corrected chi connectivity index (χ2v) is 7.91. The number of imide groups is 1. The molecule has 31 heavy (non-hydrogen) atoms. The summed E-state index contributed by atoms with van der Waals surface area (Å²) in [5, 5.41) is 2.63. The lowest BCUT2D eigenvalue weighted by Crippen LogP contribution is -2.30. The third kappa shape index (κ3) is 5.19. The Hall–Kier alpha value is -3.45. The Labute approximate surface area is 187 Å². The van der Waals surface area contributed by atoms with Gasteiger partial charge in [-0.3, -0.25) is 9.69 Å². The van der Waals surface area contributed by atoms with Crippen molar-refractivity contribution in [3.8, 4) is 5.75 Å². The average molecular weight is 481 g/mol. The van der Waals surface area contributed by atoms with E-state index >= 15 is 0 Å². The molecule has 0 bridgehead atoms. The molecule has 0 unspecified atom stereocenters. The maximum atomic E-state index is 13.0. The highest BCUT2D eigenvalue weighted by Crippen LogP contribution is 2.21. The van der Waals surface area contributed by atoms with E-state index in [1.807, 2.05) is 30.3 Å². The molecule has 5 nitrogen and oxygen atoms in total. The van der Waals surface area contributed by atoms with Gasteiger partial charge in [-0.05, 0) is 59.2 Å². The lowest BCUT2D eigenvalue weighted by atomic mass is 10.1. The van der Waals surface area contributed by atoms with Gasteiger partial charge in [-0.2, -0.15) is 0 Å². The summed E-state index contributed by atoms with van der Waals surface area (Å²) in [6, 6.07) is 20.2. The van der Waals surface area contributed by atoms with Gasteiger partial charge in [0.1, 0.15) is 23.9 Å². The predicted octanol–water partition coefficient (Wildman–Crippen LogP) is 5.26. The van der Waals surface area contributed by atoms with E-state index in [-0.39, 0.29) is 30.6 Å². The molecule has 0 aromatic heterocycles. The molecule has 1 saturated heterocycles. The SMILES string of the molecule is O=C1N/C(=C\c2cccc(OCc3ccc(F)cc3)c2)C(=O)N1Cc1ccc(Br)cc1. The number of hydrogen-bond acceptors (Lipinski definition) is 3. The van der Waals surface area contributed by atoms with Crippen molar-refractivity contribution in [1.82, 2.24) is 10.2 Å². The van der Waals surface area contributed by atoms with Crippen molar-refractivity contribution in [2.45, 2.75) is 13.2 Å². The summed E-state index contributed by atoms with van der Waals surface area (Å²) in [5.74, 6) is -0.0810. The fourth-order valence-electron chi connectivity index (χ4n) is 3.10. The zero-order chi connectivity index (χ0) is 21.8. The number of nitrogens with one attached hydrogen (secondary N) is 1. The first-order valence-electron chi connectivity index (χ1n) is 9.54. The summed E-state index contributed by atoms with van der Waals surface area (Å²) < 4.78 is 19.7. The van der Waals surface area contributed by atoms with Gasteiger partial charge in [-0.25, -0.2) is 9.18 Å². The predicted molar refractivity (Wildman–Crippen MR) is 118 cm³/mol. The van der Waals surface area contributed by atoms with Crippen LogP contribution in [0.25, 0.3) is 6.08 Å². The van der Waals surface area contributed by atoms with Crippen molar-refractivity contribution in [3.05, 3.63) is 105 Å². The van der Waals surface area contributed by atoms with Crippen LogP contribution in [0.4, 0.5) is 9.18 Å². The smallest absolute Gasteiger partial charge is 0.329 e. The van der Waals surface area contributed by atoms with Crippen LogP contribution in [0, 0.1) is 5.82 Å². The van der Waals surface area contributed by atoms with Gasteiger partial charge >= 0.3 is 6.03 Å². The quantitative estimate of drug-likeness (QED) is 0.386. The van der Waals surface area contributed by atoms with Crippen molar-refractivity contribution in [1.29, 1.82) is 0 Å². The minimum absolute atomic E-state index is 0.191. The summed E-state index contributed by atoms with van der Waals surface area (Å²) in [5.41, 5.74) is 2.61. The van der Waals surface area contributed by atoms with Gasteiger partial charge in [0.05, 0.1) is 6.54 Å². The number of carbonyl (C=O) groups excluding carboxylic acids is 2. The van der Waals surface area contributed by atoms with Crippen molar-refractivity contribution >= 4 is 33.9 Å². The molecule has 4 rings (SSSR count). The Morgan fingerprint density at radius 1 is 0.968 bits per heavy atom. The van der Waals surface area contributed by atoms with E-state index in [1.54, 1.807) is 36.4 Å². The molecule has 0 aliphatic carbocycles. The van der Waals surface area contributed by atoms with Crippen molar-refractivity contribution in [3.63, 3.8) is 0 Å². The Morgan fingerprint density at radius 3 is 2.42 bits per heavy atom. The van der Waals surface area contributed by atoms with Crippen LogP contribution in [0.2, 0.25) is 0 Å². The van der Waals surface area contributed by atoms with Crippen molar-refractivity contribution in [2.24, 2.45) is 0 Å². The molecule has 0 radical (unpaired) electrons. The largest absolute Gasteiger partial charge is 0.489 e. The molecule has 156 valence electrons. The molecule has 1 fully saturated rings. The number of hydrogen-bond donors (Lipinski definition) is 1. The summed E-state index contributed by atoms with van der Waals surface area (Å²) in [6.07, 6.45) is 1.62. The number of carbonyl (C=O) groups is 2. The molecule has 1 aliphatic rings. The molecule has 1 N–H and O–H groups in total. The zero-order valence-corrected chi connectivity index (χ0v) is 17.9. The molecule has 3 aromatic carbocycles. The highest BCUT2D eigenvalue weighted by atomic mass is 79.9. The molecule has 0 atom stereocenters. The third-order valence-electron chi connectivity index (χ3n) is 4.70. The molecule has 3 aromatic rings. The van der Waals surface area contributed by atoms with Gasteiger partial charge in [-0.1, -0.05) is 52.3 Å². The van der Waals surface area contributed by atoms with Crippen molar-refractivity contribution in [2.75, 3.05) is 0 Å². The number of halogens is 2. The topological polar surface area (TPSA) is 58.6 Å². The first-order valence-corrected chi connectivity index (χ1v) is 10.3. The summed E-state index contributed by atoms with van der Waals surface area (Å²) in [6.45, 7) is 0.479. The second-order valence-electron chi connectivity index (χ2n) is 6.99. The van der Waals surface area contributed by atoms with Gasteiger partial charge < -0.3 is 10.1 Å². The summed E-state index contributed by atoms with van der Waals surface area (Å²) >= 11 is 3.37. The van der Waals surface area contributed by atoms with Crippen LogP contribution in [-0.4, -0.2) is 16.8 Å². The lowest BCUT2D eigenvalue weighted by Gasteiger charge is -2.11. The van der Waals surface area contributed by atoms with Crippen LogP contribution in [0.15, 0.2) is 83.0 Å². The second kappa shape index (κ2) is 9.14. The number of benzene rings is 3. The Kier molecular flexibility index (Phi) is 6.13. The highest BCUT2D eigenvalue weighted by molar-refractivity contribution is 9.10. The van der Waals surface area contributed by atoms with Crippen LogP contribution in [0.5, 0.6) is 5.75 Å². The summed E-state index contributed by atoms with van der Waals surface area (Å²) in [7, 11) is 0. The normalized spacial score (nSPS) is 14.8. The standard InChI is InChI=1S/C24H18BrFN2O3/c25-19-8-4-16(5-9-19)14-28-23(29)22(27-24(28)30)13-18-2-1-3-21(12-18)31-15-17-6-10-20(26)11-7-17/h1-13H,14-15H2,(H,27,30)/b22-13-. The zero-order valence-electron chi connectivity index (χ0n) is 16.3. The average Bonchev–Trinajstić information content (AvgIpc) is 3.02. The molecular formula is C24H18BrFN2O3. The fourth-order valence-corrected chi connectivity index (χ4v) is 3.36. The van der Waals surface area contributed by atoms with Crippen LogP contribution < -0.4 is 10.1 Å². The van der Waals surface area contributed by atoms with Crippen LogP contribution in [-0.2, 0) is 17.9 Å². The van der Waals surface area contributed by atoms with Gasteiger partial charge in [0, 0.05) is 4.47 Å². The van der Waals surface area contributed by atoms with E-state index < -0.39 is 6.03 Å². The minimum atomic E-state index is -0.456. The molecule has 1 heterocycles. The van der Waals surface area contributed by atoms with Crippen LogP contribution >= 0.6 is 15.9 Å². The fraction of sp³-hybridized carbons (Fsp3) is 0.0833. The van der Waals surface area contributed by atoms with E-state index in [4.69, 9.17) is 4.74 Å². The first-order chi connectivity index (χ1) is 15.0. The number of rotatable bonds is 6. The molecular weight excluding hydrogens is 463 g/mol. The van der Waals surface area contributed by atoms with E-state index in [1.165, 1.54) is 17.0 Å². The number of ether oxygens (including phenoxy) is 1. The number of urea groups is 1. The Bertz CT molecular complexity index is 1140. The lowest BCUT2D eigenvalue weighted by molar-refractivity contribution is -0.123. The van der Waals surface area contributed by atoms with E-state index in [0.29, 0.717) is 11.3 Å². The van der Waals surface area contributed by atoms with Gasteiger partial charge in [0.25, 0.3) is 5.91 Å². The van der Waals surface area contributed by atoms with Gasteiger partial charge in [0.15, 0.2) is 0 Å². The minimum Gasteiger partial charge on any atom is -0.489 e. The maximum Gasteiger partial charge on any atom is 0.329 e. The highest BCUT2D eigenvalue weighted by Gasteiger charge is 2.33.